The summed E-state index contributed by atoms with van der Waals surface area (Å²) in [5.41, 5.74) is 7.77. The van der Waals surface area contributed by atoms with Crippen molar-refractivity contribution in [2.75, 3.05) is 18.5 Å². The number of hydrogen-bond donors (Lipinski definition) is 3. The Morgan fingerprint density at radius 2 is 2.33 bits per heavy atom. The molecule has 1 saturated heterocycles. The van der Waals surface area contributed by atoms with Crippen molar-refractivity contribution in [3.05, 3.63) is 11.3 Å². The molecule has 6 heteroatoms. The smallest absolute Gasteiger partial charge is 0.215 e. The molecule has 2 aliphatic rings. The fourth-order valence-electron chi connectivity index (χ4n) is 2.76. The van der Waals surface area contributed by atoms with Gasteiger partial charge in [-0.2, -0.15) is 9.78 Å². The van der Waals surface area contributed by atoms with E-state index in [2.05, 4.69) is 10.4 Å². The predicted octanol–water partition coefficient (Wildman–Crippen LogP) is 1.22. The lowest BCUT2D eigenvalue weighted by Gasteiger charge is -2.08. The second-order valence-corrected chi connectivity index (χ2v) is 4.89. The van der Waals surface area contributed by atoms with Crippen molar-refractivity contribution < 1.29 is 4.74 Å². The largest absolute Gasteiger partial charge is 0.372 e. The van der Waals surface area contributed by atoms with Crippen LogP contribution in [0.15, 0.2) is 0 Å². The van der Waals surface area contributed by atoms with Crippen LogP contribution in [0.5, 0.6) is 0 Å². The topological polar surface area (TPSA) is 89.0 Å². The number of nitrogens with two attached hydrogens (primary N) is 1. The molecule has 98 valence electrons. The van der Waals surface area contributed by atoms with Crippen LogP contribution in [0.25, 0.3) is 0 Å². The number of nitrogen functional groups attached to an aromatic ring is 1. The van der Waals surface area contributed by atoms with Gasteiger partial charge in [-0.1, -0.05) is 0 Å². The molecule has 1 atom stereocenters. The first-order valence-corrected chi connectivity index (χ1v) is 6.59. The van der Waals surface area contributed by atoms with Crippen LogP contribution in [-0.2, 0) is 11.2 Å². The van der Waals surface area contributed by atoms with Gasteiger partial charge in [-0.25, -0.2) is 0 Å². The van der Waals surface area contributed by atoms with Gasteiger partial charge in [-0.15, -0.1) is 0 Å². The summed E-state index contributed by atoms with van der Waals surface area (Å²) < 4.78 is 7.24. The Kier molecular flexibility index (Phi) is 2.95. The standard InChI is InChI=1S/C12H19N5O/c13-12(14)17-11-8(4-1-2-6-15-11)10(16-17)9-5-3-7-18-9/h9,15H,1-7H2,(H3,13,14). The minimum atomic E-state index is -0.0371. The number of rotatable bonds is 1. The monoisotopic (exact) mass is 249 g/mol. The number of anilines is 1. The zero-order chi connectivity index (χ0) is 12.5. The van der Waals surface area contributed by atoms with Crippen LogP contribution in [0.1, 0.15) is 43.0 Å². The van der Waals surface area contributed by atoms with E-state index in [9.17, 15) is 0 Å². The van der Waals surface area contributed by atoms with E-state index >= 15 is 0 Å². The number of ether oxygens (including phenoxy) is 1. The molecule has 3 heterocycles. The lowest BCUT2D eigenvalue weighted by Crippen LogP contribution is -2.24. The maximum Gasteiger partial charge on any atom is 0.215 e. The molecular weight excluding hydrogens is 230 g/mol. The molecule has 0 spiro atoms. The SMILES string of the molecule is N=C(N)n1nc(C2CCCO2)c2c1NCCCC2. The molecule has 1 aromatic heterocycles. The highest BCUT2D eigenvalue weighted by molar-refractivity contribution is 5.81. The van der Waals surface area contributed by atoms with Crippen molar-refractivity contribution in [3.8, 4) is 0 Å². The van der Waals surface area contributed by atoms with E-state index in [1.807, 2.05) is 0 Å². The van der Waals surface area contributed by atoms with Crippen LogP contribution in [0.2, 0.25) is 0 Å². The number of fused-ring (bicyclic) bond motifs is 1. The Morgan fingerprint density at radius 3 is 3.06 bits per heavy atom. The molecule has 18 heavy (non-hydrogen) atoms. The average Bonchev–Trinajstić information content (AvgIpc) is 2.91. The second-order valence-electron chi connectivity index (χ2n) is 4.89. The molecule has 0 radical (unpaired) electrons. The summed E-state index contributed by atoms with van der Waals surface area (Å²) in [5.74, 6) is 0.857. The average molecular weight is 249 g/mol. The van der Waals surface area contributed by atoms with Crippen LogP contribution in [-0.4, -0.2) is 28.9 Å². The first-order chi connectivity index (χ1) is 8.77. The van der Waals surface area contributed by atoms with Gasteiger partial charge in [0.2, 0.25) is 5.96 Å². The summed E-state index contributed by atoms with van der Waals surface area (Å²) in [4.78, 5) is 0. The van der Waals surface area contributed by atoms with Gasteiger partial charge in [-0.05, 0) is 32.1 Å². The van der Waals surface area contributed by atoms with Crippen molar-refractivity contribution in [2.45, 2.75) is 38.2 Å². The minimum absolute atomic E-state index is 0.0371. The Bertz CT molecular complexity index is 461. The fraction of sp³-hybridized carbons (Fsp3) is 0.667. The number of nitrogens with one attached hydrogen (secondary N) is 2. The maximum absolute atomic E-state index is 7.63. The van der Waals surface area contributed by atoms with E-state index in [0.29, 0.717) is 0 Å². The number of aromatic nitrogens is 2. The van der Waals surface area contributed by atoms with Crippen LogP contribution in [0, 0.1) is 5.41 Å². The second kappa shape index (κ2) is 4.61. The highest BCUT2D eigenvalue weighted by atomic mass is 16.5. The van der Waals surface area contributed by atoms with Crippen LogP contribution in [0.3, 0.4) is 0 Å². The third-order valence-electron chi connectivity index (χ3n) is 3.62. The predicted molar refractivity (Wildman–Crippen MR) is 68.9 cm³/mol. The van der Waals surface area contributed by atoms with Gasteiger partial charge in [0.25, 0.3) is 0 Å². The van der Waals surface area contributed by atoms with Crippen molar-refractivity contribution in [1.82, 2.24) is 9.78 Å². The van der Waals surface area contributed by atoms with Gasteiger partial charge in [0.05, 0.1) is 5.69 Å². The summed E-state index contributed by atoms with van der Waals surface area (Å²) in [6, 6.07) is 0. The number of hydrogen-bond acceptors (Lipinski definition) is 4. The van der Waals surface area contributed by atoms with Crippen molar-refractivity contribution >= 4 is 11.8 Å². The number of nitrogens with zero attached hydrogens (tertiary/aromatic N) is 2. The van der Waals surface area contributed by atoms with Crippen LogP contribution >= 0.6 is 0 Å². The van der Waals surface area contributed by atoms with E-state index in [4.69, 9.17) is 15.9 Å². The Hall–Kier alpha value is -1.56. The molecule has 4 N–H and O–H groups in total. The summed E-state index contributed by atoms with van der Waals surface area (Å²) in [6.07, 6.45) is 5.45. The summed E-state index contributed by atoms with van der Waals surface area (Å²) >= 11 is 0. The van der Waals surface area contributed by atoms with Gasteiger partial charge in [-0.3, -0.25) is 5.41 Å². The van der Waals surface area contributed by atoms with Crippen molar-refractivity contribution in [3.63, 3.8) is 0 Å². The normalized spacial score (nSPS) is 23.2. The van der Waals surface area contributed by atoms with Gasteiger partial charge >= 0.3 is 0 Å². The summed E-state index contributed by atoms with van der Waals surface area (Å²) in [5, 5.41) is 15.5. The summed E-state index contributed by atoms with van der Waals surface area (Å²) in [6.45, 7) is 1.72. The van der Waals surface area contributed by atoms with E-state index < -0.39 is 0 Å². The molecule has 1 fully saturated rings. The minimum Gasteiger partial charge on any atom is -0.372 e. The van der Waals surface area contributed by atoms with E-state index in [-0.39, 0.29) is 12.1 Å². The Balaban J connectivity index is 2.05. The van der Waals surface area contributed by atoms with Gasteiger partial charge in [0.1, 0.15) is 11.9 Å². The Morgan fingerprint density at radius 1 is 1.44 bits per heavy atom. The third kappa shape index (κ3) is 1.86. The van der Waals surface area contributed by atoms with Gasteiger partial charge < -0.3 is 15.8 Å². The highest BCUT2D eigenvalue weighted by Gasteiger charge is 2.28. The molecule has 2 aliphatic heterocycles. The molecular formula is C12H19N5O. The fourth-order valence-corrected chi connectivity index (χ4v) is 2.76. The van der Waals surface area contributed by atoms with E-state index in [1.165, 1.54) is 10.2 Å². The van der Waals surface area contributed by atoms with Crippen molar-refractivity contribution in [2.24, 2.45) is 5.73 Å². The van der Waals surface area contributed by atoms with E-state index in [1.54, 1.807) is 0 Å². The molecule has 0 amide bonds. The molecule has 0 aliphatic carbocycles. The molecule has 0 aromatic carbocycles. The Labute approximate surface area is 106 Å². The third-order valence-corrected chi connectivity index (χ3v) is 3.62. The van der Waals surface area contributed by atoms with Gasteiger partial charge in [0.15, 0.2) is 0 Å². The zero-order valence-corrected chi connectivity index (χ0v) is 10.4. The van der Waals surface area contributed by atoms with Crippen LogP contribution < -0.4 is 11.1 Å². The molecule has 0 saturated carbocycles. The molecule has 0 bridgehead atoms. The van der Waals surface area contributed by atoms with Crippen molar-refractivity contribution in [1.29, 1.82) is 5.41 Å². The van der Waals surface area contributed by atoms with Gasteiger partial charge in [0, 0.05) is 18.7 Å². The lowest BCUT2D eigenvalue weighted by molar-refractivity contribution is 0.107. The summed E-state index contributed by atoms with van der Waals surface area (Å²) in [7, 11) is 0. The van der Waals surface area contributed by atoms with Crippen LogP contribution in [0.4, 0.5) is 5.82 Å². The maximum atomic E-state index is 7.63. The lowest BCUT2D eigenvalue weighted by atomic mass is 10.0. The molecule has 6 nitrogen and oxygen atoms in total. The zero-order valence-electron chi connectivity index (χ0n) is 10.4. The molecule has 1 aromatic rings. The first kappa shape index (κ1) is 11.5. The quantitative estimate of drug-likeness (QED) is 0.516. The molecule has 3 rings (SSSR count). The first-order valence-electron chi connectivity index (χ1n) is 6.59. The molecule has 1 unspecified atom stereocenters. The van der Waals surface area contributed by atoms with E-state index in [0.717, 1.165) is 56.8 Å². The highest BCUT2D eigenvalue weighted by Crippen LogP contribution is 2.35.